The molecule has 0 atom stereocenters. The monoisotopic (exact) mass is 449 g/mol. The van der Waals surface area contributed by atoms with Gasteiger partial charge in [0, 0.05) is 25.0 Å². The van der Waals surface area contributed by atoms with Crippen LogP contribution in [0.1, 0.15) is 18.9 Å². The van der Waals surface area contributed by atoms with Crippen molar-refractivity contribution in [3.8, 4) is 11.8 Å². The SMILES string of the molecule is CCn1c(=C(C#N)C(=O)Oc2ccc(CCCO)cc2)sc(=CNc2ccccc2)c1=O. The molecule has 8 heteroatoms. The van der Waals surface area contributed by atoms with Crippen molar-refractivity contribution in [2.45, 2.75) is 26.3 Å². The van der Waals surface area contributed by atoms with Gasteiger partial charge in [-0.2, -0.15) is 5.26 Å². The Balaban J connectivity index is 1.92. The molecule has 1 heterocycles. The van der Waals surface area contributed by atoms with Crippen molar-refractivity contribution in [3.63, 3.8) is 0 Å². The maximum absolute atomic E-state index is 12.8. The molecule has 0 saturated heterocycles. The second-order valence-electron chi connectivity index (χ2n) is 6.82. The molecule has 0 aliphatic carbocycles. The van der Waals surface area contributed by atoms with E-state index in [1.54, 1.807) is 37.4 Å². The van der Waals surface area contributed by atoms with Gasteiger partial charge in [-0.25, -0.2) is 4.79 Å². The highest BCUT2D eigenvalue weighted by Gasteiger charge is 2.17. The lowest BCUT2D eigenvalue weighted by Gasteiger charge is -2.05. The number of nitrogens with zero attached hydrogens (tertiary/aromatic N) is 2. The Morgan fingerprint density at radius 2 is 1.94 bits per heavy atom. The van der Waals surface area contributed by atoms with Gasteiger partial charge in [0.05, 0.1) is 0 Å². The fourth-order valence-corrected chi connectivity index (χ4v) is 4.10. The zero-order valence-corrected chi connectivity index (χ0v) is 18.4. The topological polar surface area (TPSA) is 104 Å². The third kappa shape index (κ3) is 5.52. The van der Waals surface area contributed by atoms with Crippen molar-refractivity contribution in [2.24, 2.45) is 0 Å². The van der Waals surface area contributed by atoms with Gasteiger partial charge in [0.25, 0.3) is 5.56 Å². The van der Waals surface area contributed by atoms with Gasteiger partial charge in [0.1, 0.15) is 21.0 Å². The lowest BCUT2D eigenvalue weighted by molar-refractivity contribution is -0.127. The van der Waals surface area contributed by atoms with Gasteiger partial charge < -0.3 is 15.2 Å². The van der Waals surface area contributed by atoms with Crippen LogP contribution in [0.15, 0.2) is 59.4 Å². The minimum Gasteiger partial charge on any atom is -0.422 e. The van der Waals surface area contributed by atoms with Gasteiger partial charge >= 0.3 is 5.97 Å². The van der Waals surface area contributed by atoms with E-state index < -0.39 is 5.97 Å². The van der Waals surface area contributed by atoms with Crippen molar-refractivity contribution >= 4 is 34.8 Å². The third-order valence-corrected chi connectivity index (χ3v) is 5.79. The Labute approximate surface area is 189 Å². The van der Waals surface area contributed by atoms with Crippen molar-refractivity contribution in [2.75, 3.05) is 11.9 Å². The average molecular weight is 450 g/mol. The molecule has 0 unspecified atom stereocenters. The zero-order chi connectivity index (χ0) is 22.9. The van der Waals surface area contributed by atoms with E-state index in [2.05, 4.69) is 5.32 Å². The maximum Gasteiger partial charge on any atom is 0.357 e. The molecule has 2 N–H and O–H groups in total. The molecule has 0 fully saturated rings. The summed E-state index contributed by atoms with van der Waals surface area (Å²) in [6, 6.07) is 18.2. The molecule has 7 nitrogen and oxygen atoms in total. The van der Waals surface area contributed by atoms with Crippen molar-refractivity contribution in [1.29, 1.82) is 5.26 Å². The molecule has 0 saturated carbocycles. The summed E-state index contributed by atoms with van der Waals surface area (Å²) in [7, 11) is 0. The number of hydrogen-bond donors (Lipinski definition) is 2. The highest BCUT2D eigenvalue weighted by Crippen LogP contribution is 2.15. The molecular weight excluding hydrogens is 426 g/mol. The fourth-order valence-electron chi connectivity index (χ4n) is 3.02. The minimum absolute atomic E-state index is 0.109. The van der Waals surface area contributed by atoms with Crippen LogP contribution in [0.2, 0.25) is 0 Å². The van der Waals surface area contributed by atoms with Crippen LogP contribution in [0.25, 0.3) is 11.8 Å². The number of aryl methyl sites for hydroxylation is 1. The molecule has 1 aromatic heterocycles. The van der Waals surface area contributed by atoms with E-state index in [4.69, 9.17) is 9.84 Å². The van der Waals surface area contributed by atoms with Crippen LogP contribution in [0, 0.1) is 11.3 Å². The van der Waals surface area contributed by atoms with E-state index in [0.717, 1.165) is 22.6 Å². The third-order valence-electron chi connectivity index (χ3n) is 4.65. The molecule has 164 valence electrons. The number of para-hydroxylation sites is 1. The van der Waals surface area contributed by atoms with Crippen molar-refractivity contribution in [3.05, 3.63) is 79.7 Å². The lowest BCUT2D eigenvalue weighted by atomic mass is 10.1. The van der Waals surface area contributed by atoms with Crippen LogP contribution < -0.4 is 24.8 Å². The number of aliphatic hydroxyl groups excluding tert-OH is 1. The first-order chi connectivity index (χ1) is 15.6. The smallest absolute Gasteiger partial charge is 0.357 e. The number of anilines is 1. The van der Waals surface area contributed by atoms with Gasteiger partial charge in [-0.15, -0.1) is 11.3 Å². The molecule has 2 aromatic carbocycles. The Morgan fingerprint density at radius 3 is 2.56 bits per heavy atom. The predicted molar refractivity (Wildman–Crippen MR) is 125 cm³/mol. The lowest BCUT2D eigenvalue weighted by Crippen LogP contribution is -2.33. The Kier molecular flexibility index (Phi) is 7.97. The van der Waals surface area contributed by atoms with Gasteiger partial charge in [0.2, 0.25) is 0 Å². The second kappa shape index (κ2) is 11.1. The van der Waals surface area contributed by atoms with E-state index in [-0.39, 0.29) is 22.4 Å². The molecule has 3 aromatic rings. The van der Waals surface area contributed by atoms with E-state index in [9.17, 15) is 14.9 Å². The molecule has 0 spiro atoms. The first kappa shape index (κ1) is 23.0. The molecule has 0 radical (unpaired) electrons. The molecule has 3 rings (SSSR count). The number of carbonyl (C=O) groups excluding carboxylic acids is 1. The predicted octanol–water partition coefficient (Wildman–Crippen LogP) is 1.98. The normalized spacial score (nSPS) is 12.2. The summed E-state index contributed by atoms with van der Waals surface area (Å²) in [6.07, 6.45) is 2.94. The van der Waals surface area contributed by atoms with Crippen LogP contribution in [0.5, 0.6) is 5.75 Å². The van der Waals surface area contributed by atoms with E-state index >= 15 is 0 Å². The number of nitriles is 1. The number of carbonyl (C=O) groups is 1. The van der Waals surface area contributed by atoms with Gasteiger partial charge in [0.15, 0.2) is 5.57 Å². The highest BCUT2D eigenvalue weighted by molar-refractivity contribution is 7.07. The number of benzene rings is 2. The standard InChI is InChI=1S/C24H23N3O4S/c1-2-27-22(29)21(16-26-18-8-4-3-5-9-18)32-23(27)20(15-25)24(30)31-19-12-10-17(11-13-19)7-6-14-28/h3-5,8-13,16,26,28H,2,6-7,14H2,1H3. The number of ether oxygens (including phenoxy) is 1. The summed E-state index contributed by atoms with van der Waals surface area (Å²) < 4.78 is 7.40. The van der Waals surface area contributed by atoms with Crippen LogP contribution in [0.3, 0.4) is 0 Å². The fraction of sp³-hybridized carbons (Fsp3) is 0.208. The quantitative estimate of drug-likeness (QED) is 0.403. The summed E-state index contributed by atoms with van der Waals surface area (Å²) >= 11 is 1.06. The molecule has 0 bridgehead atoms. The first-order valence-electron chi connectivity index (χ1n) is 10.1. The summed E-state index contributed by atoms with van der Waals surface area (Å²) in [6.45, 7) is 2.19. The first-order valence-corrected chi connectivity index (χ1v) is 11.0. The van der Waals surface area contributed by atoms with Crippen LogP contribution in [-0.2, 0) is 17.8 Å². The maximum atomic E-state index is 12.8. The van der Waals surface area contributed by atoms with Crippen LogP contribution in [0.4, 0.5) is 5.69 Å². The van der Waals surface area contributed by atoms with E-state index in [1.807, 2.05) is 36.4 Å². The number of hydrogen-bond acceptors (Lipinski definition) is 7. The number of rotatable bonds is 8. The average Bonchev–Trinajstić information content (AvgIpc) is 3.13. The number of esters is 1. The van der Waals surface area contributed by atoms with Gasteiger partial charge in [-0.3, -0.25) is 9.36 Å². The summed E-state index contributed by atoms with van der Waals surface area (Å²) in [5.41, 5.74) is 1.31. The van der Waals surface area contributed by atoms with Gasteiger partial charge in [-0.1, -0.05) is 30.3 Å². The molecule has 0 aliphatic rings. The Hall–Kier alpha value is -3.67. The van der Waals surface area contributed by atoms with Crippen molar-refractivity contribution < 1.29 is 14.6 Å². The largest absolute Gasteiger partial charge is 0.422 e. The number of aromatic nitrogens is 1. The summed E-state index contributed by atoms with van der Waals surface area (Å²) in [5.74, 6) is -0.517. The molecule has 0 amide bonds. The Bertz CT molecular complexity index is 1290. The highest BCUT2D eigenvalue weighted by atomic mass is 32.1. The zero-order valence-electron chi connectivity index (χ0n) is 17.6. The molecular formula is C24H23N3O4S. The number of thiazole rings is 1. The summed E-state index contributed by atoms with van der Waals surface area (Å²) in [5, 5.41) is 21.6. The van der Waals surface area contributed by atoms with E-state index in [1.165, 1.54) is 4.57 Å². The second-order valence-corrected chi connectivity index (χ2v) is 7.85. The number of aliphatic hydroxyl groups is 1. The van der Waals surface area contributed by atoms with Crippen LogP contribution in [-0.4, -0.2) is 22.2 Å². The van der Waals surface area contributed by atoms with Crippen molar-refractivity contribution in [1.82, 2.24) is 4.57 Å². The summed E-state index contributed by atoms with van der Waals surface area (Å²) in [4.78, 5) is 25.5. The van der Waals surface area contributed by atoms with E-state index in [0.29, 0.717) is 29.7 Å². The molecule has 32 heavy (non-hydrogen) atoms. The number of nitrogens with one attached hydrogen (secondary N) is 1. The van der Waals surface area contributed by atoms with Gasteiger partial charge in [-0.05, 0) is 49.6 Å². The Morgan fingerprint density at radius 1 is 1.22 bits per heavy atom. The van der Waals surface area contributed by atoms with Crippen LogP contribution >= 0.6 is 11.3 Å². The minimum atomic E-state index is -0.818. The molecule has 0 aliphatic heterocycles.